The van der Waals surface area contributed by atoms with Gasteiger partial charge in [0.15, 0.2) is 6.10 Å². The number of hydrogen-bond acceptors (Lipinski definition) is 7. The van der Waals surface area contributed by atoms with Gasteiger partial charge in [-0.15, -0.1) is 0 Å². The number of nitrogens with one attached hydrogen (secondary N) is 1. The molecule has 0 fully saturated rings. The normalized spacial score (nSPS) is 11.2. The number of anilines is 1. The second-order valence-electron chi connectivity index (χ2n) is 6.63. The zero-order valence-electron chi connectivity index (χ0n) is 16.7. The van der Waals surface area contributed by atoms with Gasteiger partial charge in [0.05, 0.1) is 4.92 Å². The average Bonchev–Trinajstić information content (AvgIpc) is 2.73. The SMILES string of the molecule is NC(=O)C(CCCCCC(=O)Nc1ccccc1)OC(=O)Oc1ccc([N+](=O)[O-])cc1. The molecule has 0 aliphatic carbocycles. The first-order valence-corrected chi connectivity index (χ1v) is 9.62. The molecule has 2 rings (SSSR count). The monoisotopic (exact) mass is 429 g/mol. The quantitative estimate of drug-likeness (QED) is 0.182. The highest BCUT2D eigenvalue weighted by Gasteiger charge is 2.21. The lowest BCUT2D eigenvalue weighted by molar-refractivity contribution is -0.384. The molecule has 1 unspecified atom stereocenters. The highest BCUT2D eigenvalue weighted by molar-refractivity contribution is 5.90. The van der Waals surface area contributed by atoms with Crippen LogP contribution in [0.15, 0.2) is 54.6 Å². The van der Waals surface area contributed by atoms with Crippen LogP contribution in [0, 0.1) is 10.1 Å². The predicted molar refractivity (Wildman–Crippen MR) is 111 cm³/mol. The van der Waals surface area contributed by atoms with Crippen LogP contribution in [0.4, 0.5) is 16.2 Å². The summed E-state index contributed by atoms with van der Waals surface area (Å²) in [5.41, 5.74) is 5.83. The third-order valence-electron chi connectivity index (χ3n) is 4.23. The number of nitro groups is 1. The lowest BCUT2D eigenvalue weighted by Gasteiger charge is -2.14. The van der Waals surface area contributed by atoms with Gasteiger partial charge < -0.3 is 20.5 Å². The van der Waals surface area contributed by atoms with Crippen LogP contribution in [0.2, 0.25) is 0 Å². The number of amides is 2. The van der Waals surface area contributed by atoms with Crippen molar-refractivity contribution in [1.82, 2.24) is 0 Å². The predicted octanol–water partition coefficient (Wildman–Crippen LogP) is 3.55. The number of ether oxygens (including phenoxy) is 2. The van der Waals surface area contributed by atoms with E-state index in [4.69, 9.17) is 15.2 Å². The molecule has 0 aliphatic heterocycles. The van der Waals surface area contributed by atoms with Gasteiger partial charge in [0, 0.05) is 24.2 Å². The molecule has 0 aromatic heterocycles. The Morgan fingerprint density at radius 1 is 1.00 bits per heavy atom. The molecule has 0 spiro atoms. The lowest BCUT2D eigenvalue weighted by Crippen LogP contribution is -2.34. The maximum Gasteiger partial charge on any atom is 0.514 e. The molecule has 3 N–H and O–H groups in total. The number of carbonyl (C=O) groups excluding carboxylic acids is 3. The van der Waals surface area contributed by atoms with Gasteiger partial charge in [-0.1, -0.05) is 24.6 Å². The topological polar surface area (TPSA) is 151 Å². The lowest BCUT2D eigenvalue weighted by atomic mass is 10.1. The van der Waals surface area contributed by atoms with Crippen LogP contribution in [0.25, 0.3) is 0 Å². The third-order valence-corrected chi connectivity index (χ3v) is 4.23. The van der Waals surface area contributed by atoms with E-state index in [-0.39, 0.29) is 23.8 Å². The van der Waals surface area contributed by atoms with E-state index in [1.54, 1.807) is 12.1 Å². The number of nitrogens with two attached hydrogens (primary N) is 1. The first-order chi connectivity index (χ1) is 14.8. The summed E-state index contributed by atoms with van der Waals surface area (Å²) in [6.45, 7) is 0. The minimum atomic E-state index is -1.18. The highest BCUT2D eigenvalue weighted by Crippen LogP contribution is 2.18. The van der Waals surface area contributed by atoms with Crippen molar-refractivity contribution in [2.75, 3.05) is 5.32 Å². The first-order valence-electron chi connectivity index (χ1n) is 9.62. The van der Waals surface area contributed by atoms with Crippen molar-refractivity contribution in [3.63, 3.8) is 0 Å². The maximum absolute atomic E-state index is 11.9. The molecule has 0 heterocycles. The Kier molecular flexibility index (Phi) is 8.96. The Hall–Kier alpha value is -3.95. The number of nitrogens with zero attached hydrogens (tertiary/aromatic N) is 1. The number of carbonyl (C=O) groups is 3. The number of benzene rings is 2. The molecular formula is C21H23N3O7. The van der Waals surface area contributed by atoms with E-state index < -0.39 is 23.1 Å². The van der Waals surface area contributed by atoms with Gasteiger partial charge in [0.2, 0.25) is 5.91 Å². The second-order valence-corrected chi connectivity index (χ2v) is 6.63. The molecular weight excluding hydrogens is 406 g/mol. The molecule has 31 heavy (non-hydrogen) atoms. The zero-order chi connectivity index (χ0) is 22.6. The van der Waals surface area contributed by atoms with Crippen LogP contribution >= 0.6 is 0 Å². The summed E-state index contributed by atoms with van der Waals surface area (Å²) in [5, 5.41) is 13.4. The van der Waals surface area contributed by atoms with E-state index in [0.717, 1.165) is 5.69 Å². The van der Waals surface area contributed by atoms with Crippen LogP contribution in [0.5, 0.6) is 5.75 Å². The van der Waals surface area contributed by atoms with E-state index in [9.17, 15) is 24.5 Å². The fourth-order valence-corrected chi connectivity index (χ4v) is 2.67. The van der Waals surface area contributed by atoms with Crippen molar-refractivity contribution in [3.8, 4) is 5.75 Å². The van der Waals surface area contributed by atoms with Gasteiger partial charge in [-0.05, 0) is 43.5 Å². The smallest absolute Gasteiger partial charge is 0.421 e. The molecule has 2 aromatic rings. The van der Waals surface area contributed by atoms with Gasteiger partial charge in [-0.3, -0.25) is 19.7 Å². The number of nitro benzene ring substituents is 1. The van der Waals surface area contributed by atoms with Crippen molar-refractivity contribution in [2.24, 2.45) is 5.73 Å². The van der Waals surface area contributed by atoms with E-state index in [2.05, 4.69) is 5.32 Å². The third kappa shape index (κ3) is 8.52. The summed E-state index contributed by atoms with van der Waals surface area (Å²) in [6, 6.07) is 13.9. The van der Waals surface area contributed by atoms with Crippen LogP contribution < -0.4 is 15.8 Å². The second kappa shape index (κ2) is 11.9. The van der Waals surface area contributed by atoms with Gasteiger partial charge in [0.25, 0.3) is 11.6 Å². The minimum absolute atomic E-state index is 0.0308. The van der Waals surface area contributed by atoms with Crippen molar-refractivity contribution in [3.05, 3.63) is 64.7 Å². The van der Waals surface area contributed by atoms with Crippen LogP contribution in [-0.2, 0) is 14.3 Å². The van der Waals surface area contributed by atoms with Gasteiger partial charge >= 0.3 is 6.16 Å². The molecule has 10 heteroatoms. The van der Waals surface area contributed by atoms with E-state index in [1.165, 1.54) is 24.3 Å². The number of unbranched alkanes of at least 4 members (excludes halogenated alkanes) is 2. The first kappa shape index (κ1) is 23.3. The fraction of sp³-hybridized carbons (Fsp3) is 0.286. The van der Waals surface area contributed by atoms with E-state index >= 15 is 0 Å². The Balaban J connectivity index is 1.69. The van der Waals surface area contributed by atoms with Gasteiger partial charge in [0.1, 0.15) is 5.75 Å². The number of hydrogen-bond donors (Lipinski definition) is 2. The summed E-state index contributed by atoms with van der Waals surface area (Å²) in [6.07, 6.45) is -0.0747. The molecule has 10 nitrogen and oxygen atoms in total. The highest BCUT2D eigenvalue weighted by atomic mass is 16.7. The molecule has 2 aromatic carbocycles. The average molecular weight is 429 g/mol. The number of primary amides is 1. The Bertz CT molecular complexity index is 901. The Labute approximate surface area is 178 Å². The van der Waals surface area contributed by atoms with Gasteiger partial charge in [-0.2, -0.15) is 0 Å². The summed E-state index contributed by atoms with van der Waals surface area (Å²) in [4.78, 5) is 45.3. The molecule has 2 amide bonds. The number of para-hydroxylation sites is 1. The van der Waals surface area contributed by atoms with Gasteiger partial charge in [-0.25, -0.2) is 4.79 Å². The van der Waals surface area contributed by atoms with E-state index in [0.29, 0.717) is 25.7 Å². The van der Waals surface area contributed by atoms with Crippen LogP contribution in [-0.4, -0.2) is 29.0 Å². The molecule has 0 saturated heterocycles. The van der Waals surface area contributed by atoms with Crippen LogP contribution in [0.3, 0.4) is 0 Å². The summed E-state index contributed by atoms with van der Waals surface area (Å²) in [5.74, 6) is -0.897. The molecule has 0 bridgehead atoms. The zero-order valence-corrected chi connectivity index (χ0v) is 16.7. The molecule has 1 atom stereocenters. The number of rotatable bonds is 11. The largest absolute Gasteiger partial charge is 0.514 e. The van der Waals surface area contributed by atoms with Crippen molar-refractivity contribution >= 4 is 29.3 Å². The Morgan fingerprint density at radius 3 is 2.29 bits per heavy atom. The molecule has 164 valence electrons. The Morgan fingerprint density at radius 2 is 1.68 bits per heavy atom. The maximum atomic E-state index is 11.9. The number of non-ortho nitro benzene ring substituents is 1. The van der Waals surface area contributed by atoms with Crippen LogP contribution in [0.1, 0.15) is 32.1 Å². The molecule has 0 aliphatic rings. The van der Waals surface area contributed by atoms with Crippen molar-refractivity contribution < 1.29 is 28.8 Å². The summed E-state index contributed by atoms with van der Waals surface area (Å²) >= 11 is 0. The fourth-order valence-electron chi connectivity index (χ4n) is 2.67. The molecule has 0 radical (unpaired) electrons. The summed E-state index contributed by atoms with van der Waals surface area (Å²) < 4.78 is 9.85. The minimum Gasteiger partial charge on any atom is -0.421 e. The van der Waals surface area contributed by atoms with E-state index in [1.807, 2.05) is 18.2 Å². The van der Waals surface area contributed by atoms with Crippen molar-refractivity contribution in [1.29, 1.82) is 0 Å². The van der Waals surface area contributed by atoms with Crippen molar-refractivity contribution in [2.45, 2.75) is 38.2 Å². The standard InChI is InChI=1S/C21H23N3O7/c22-20(26)18(31-21(27)30-17-13-11-16(12-14-17)24(28)29)9-5-2-6-10-19(25)23-15-7-3-1-4-8-15/h1,3-4,7-8,11-14,18H,2,5-6,9-10H2,(H2,22,26)(H,23,25). The summed E-state index contributed by atoms with van der Waals surface area (Å²) in [7, 11) is 0. The molecule has 0 saturated carbocycles.